The Morgan fingerprint density at radius 3 is 2.80 bits per heavy atom. The van der Waals surface area contributed by atoms with Gasteiger partial charge in [-0.05, 0) is 19.1 Å². The van der Waals surface area contributed by atoms with Gasteiger partial charge in [0.05, 0.1) is 6.20 Å². The van der Waals surface area contributed by atoms with Crippen molar-refractivity contribution in [3.8, 4) is 17.3 Å². The lowest BCUT2D eigenvalue weighted by molar-refractivity contribution is -0.127. The number of para-hydroxylation sites is 1. The van der Waals surface area contributed by atoms with Crippen molar-refractivity contribution < 1.29 is 9.53 Å². The molecule has 0 spiro atoms. The predicted octanol–water partition coefficient (Wildman–Crippen LogP) is 1.92. The van der Waals surface area contributed by atoms with Crippen LogP contribution in [0, 0.1) is 0 Å². The van der Waals surface area contributed by atoms with Crippen molar-refractivity contribution in [2.75, 3.05) is 6.54 Å². The van der Waals surface area contributed by atoms with Gasteiger partial charge in [-0.25, -0.2) is 9.97 Å². The smallest absolute Gasteiger partial charge is 0.260 e. The number of hydrogen-bond acceptors (Lipinski definition) is 5. The number of ether oxygens (including phenoxy) is 1. The van der Waals surface area contributed by atoms with E-state index in [2.05, 4.69) is 20.3 Å². The Balaban J connectivity index is 1.52. The minimum atomic E-state index is -0.565. The Kier molecular flexibility index (Phi) is 5.36. The molecule has 7 heteroatoms. The highest BCUT2D eigenvalue weighted by atomic mass is 16.5. The summed E-state index contributed by atoms with van der Waals surface area (Å²) in [6.07, 6.45) is 7.88. The highest BCUT2D eigenvalue weighted by Crippen LogP contribution is 2.13. The largest absolute Gasteiger partial charge is 0.481 e. The van der Waals surface area contributed by atoms with Gasteiger partial charge in [0.1, 0.15) is 11.4 Å². The molecule has 25 heavy (non-hydrogen) atoms. The van der Waals surface area contributed by atoms with Crippen LogP contribution >= 0.6 is 0 Å². The Hall–Kier alpha value is -3.22. The quantitative estimate of drug-likeness (QED) is 0.712. The van der Waals surface area contributed by atoms with Crippen molar-refractivity contribution in [3.05, 3.63) is 61.3 Å². The molecule has 2 aromatic heterocycles. The van der Waals surface area contributed by atoms with Crippen LogP contribution in [0.15, 0.2) is 61.3 Å². The fourth-order valence-electron chi connectivity index (χ4n) is 2.34. The maximum atomic E-state index is 12.1. The normalized spacial score (nSPS) is 11.7. The van der Waals surface area contributed by atoms with Crippen LogP contribution in [0.4, 0.5) is 0 Å². The number of hydrogen-bond donors (Lipinski definition) is 1. The Bertz CT molecular complexity index is 805. The van der Waals surface area contributed by atoms with Crippen LogP contribution in [0.2, 0.25) is 0 Å². The average Bonchev–Trinajstić information content (AvgIpc) is 3.11. The van der Waals surface area contributed by atoms with Crippen LogP contribution in [-0.4, -0.2) is 38.1 Å². The van der Waals surface area contributed by atoms with Crippen LogP contribution in [0.3, 0.4) is 0 Å². The molecule has 1 N–H and O–H groups in total. The van der Waals surface area contributed by atoms with E-state index >= 15 is 0 Å². The SMILES string of the molecule is C[C@@H](Oc1ccccc1)C(=O)NCCn1ccnc1-c1cnccn1. The van der Waals surface area contributed by atoms with Crippen LogP contribution in [0.1, 0.15) is 6.92 Å². The summed E-state index contributed by atoms with van der Waals surface area (Å²) in [5, 5.41) is 2.87. The zero-order valence-corrected chi connectivity index (χ0v) is 13.9. The topological polar surface area (TPSA) is 81.9 Å². The Morgan fingerprint density at radius 2 is 2.04 bits per heavy atom. The van der Waals surface area contributed by atoms with Gasteiger partial charge in [-0.15, -0.1) is 0 Å². The molecule has 128 valence electrons. The lowest BCUT2D eigenvalue weighted by atomic mass is 10.3. The van der Waals surface area contributed by atoms with E-state index in [4.69, 9.17) is 4.74 Å². The van der Waals surface area contributed by atoms with E-state index in [-0.39, 0.29) is 5.91 Å². The molecule has 0 aliphatic carbocycles. The van der Waals surface area contributed by atoms with E-state index in [0.717, 1.165) is 5.82 Å². The molecule has 0 bridgehead atoms. The molecule has 0 fully saturated rings. The summed E-state index contributed by atoms with van der Waals surface area (Å²) in [6, 6.07) is 9.28. The highest BCUT2D eigenvalue weighted by Gasteiger charge is 2.14. The fourth-order valence-corrected chi connectivity index (χ4v) is 2.34. The molecular weight excluding hydrogens is 318 g/mol. The molecule has 0 radical (unpaired) electrons. The predicted molar refractivity (Wildman–Crippen MR) is 92.8 cm³/mol. The van der Waals surface area contributed by atoms with Gasteiger partial charge in [-0.2, -0.15) is 0 Å². The van der Waals surface area contributed by atoms with E-state index in [1.165, 1.54) is 0 Å². The third kappa shape index (κ3) is 4.41. The zero-order chi connectivity index (χ0) is 17.5. The van der Waals surface area contributed by atoms with Crippen LogP contribution in [0.25, 0.3) is 11.5 Å². The number of rotatable bonds is 7. The molecule has 0 aliphatic rings. The van der Waals surface area contributed by atoms with Crippen molar-refractivity contribution in [2.45, 2.75) is 19.6 Å². The van der Waals surface area contributed by atoms with Gasteiger partial charge in [0.2, 0.25) is 0 Å². The second kappa shape index (κ2) is 8.05. The van der Waals surface area contributed by atoms with E-state index in [1.807, 2.05) is 41.1 Å². The van der Waals surface area contributed by atoms with Crippen molar-refractivity contribution in [1.29, 1.82) is 0 Å². The number of imidazole rings is 1. The third-order valence-electron chi connectivity index (χ3n) is 3.58. The number of amides is 1. The summed E-state index contributed by atoms with van der Waals surface area (Å²) in [5.74, 6) is 1.23. The molecule has 3 rings (SSSR count). The van der Waals surface area contributed by atoms with Crippen molar-refractivity contribution >= 4 is 5.91 Å². The van der Waals surface area contributed by atoms with E-state index < -0.39 is 6.10 Å². The molecule has 0 saturated carbocycles. The molecule has 3 aromatic rings. The van der Waals surface area contributed by atoms with Crippen molar-refractivity contribution in [2.24, 2.45) is 0 Å². The summed E-state index contributed by atoms with van der Waals surface area (Å²) < 4.78 is 7.53. The first kappa shape index (κ1) is 16.6. The van der Waals surface area contributed by atoms with Gasteiger partial charge in [-0.3, -0.25) is 9.78 Å². The number of aromatic nitrogens is 4. The number of carbonyl (C=O) groups excluding carboxylic acids is 1. The summed E-state index contributed by atoms with van der Waals surface area (Å²) in [7, 11) is 0. The fraction of sp³-hybridized carbons (Fsp3) is 0.222. The summed E-state index contributed by atoms with van der Waals surface area (Å²) >= 11 is 0. The lowest BCUT2D eigenvalue weighted by Crippen LogP contribution is -2.37. The Labute approximate surface area is 145 Å². The van der Waals surface area contributed by atoms with Crippen LogP contribution in [0.5, 0.6) is 5.75 Å². The summed E-state index contributed by atoms with van der Waals surface area (Å²) in [6.45, 7) is 2.77. The van der Waals surface area contributed by atoms with Gasteiger partial charge in [0.25, 0.3) is 5.91 Å². The molecular formula is C18H19N5O2. The lowest BCUT2D eigenvalue weighted by Gasteiger charge is -2.15. The molecule has 2 heterocycles. The number of benzene rings is 1. The summed E-state index contributed by atoms with van der Waals surface area (Å²) in [4.78, 5) is 24.7. The Morgan fingerprint density at radius 1 is 1.20 bits per heavy atom. The first-order valence-electron chi connectivity index (χ1n) is 8.01. The van der Waals surface area contributed by atoms with E-state index in [1.54, 1.807) is 31.7 Å². The standard InChI is InChI=1S/C18H19N5O2/c1-14(25-15-5-3-2-4-6-15)18(24)22-10-12-23-11-9-21-17(23)16-13-19-7-8-20-16/h2-9,11,13-14H,10,12H2,1H3,(H,22,24)/t14-/m1/s1. The zero-order valence-electron chi connectivity index (χ0n) is 13.9. The highest BCUT2D eigenvalue weighted by molar-refractivity contribution is 5.80. The molecule has 0 unspecified atom stereocenters. The van der Waals surface area contributed by atoms with E-state index in [9.17, 15) is 4.79 Å². The van der Waals surface area contributed by atoms with Gasteiger partial charge in [0.15, 0.2) is 11.9 Å². The second-order valence-corrected chi connectivity index (χ2v) is 5.40. The maximum absolute atomic E-state index is 12.1. The van der Waals surface area contributed by atoms with E-state index in [0.29, 0.717) is 24.5 Å². The number of carbonyl (C=O) groups is 1. The number of nitrogens with zero attached hydrogens (tertiary/aromatic N) is 4. The van der Waals surface area contributed by atoms with Gasteiger partial charge in [-0.1, -0.05) is 18.2 Å². The van der Waals surface area contributed by atoms with Crippen molar-refractivity contribution in [3.63, 3.8) is 0 Å². The third-order valence-corrected chi connectivity index (χ3v) is 3.58. The number of nitrogens with one attached hydrogen (secondary N) is 1. The monoisotopic (exact) mass is 337 g/mol. The first-order chi connectivity index (χ1) is 12.2. The van der Waals surface area contributed by atoms with Gasteiger partial charge in [0, 0.05) is 37.9 Å². The molecule has 7 nitrogen and oxygen atoms in total. The van der Waals surface area contributed by atoms with Gasteiger partial charge >= 0.3 is 0 Å². The van der Waals surface area contributed by atoms with Gasteiger partial charge < -0.3 is 14.6 Å². The van der Waals surface area contributed by atoms with Crippen LogP contribution < -0.4 is 10.1 Å². The minimum Gasteiger partial charge on any atom is -0.481 e. The summed E-state index contributed by atoms with van der Waals surface area (Å²) in [5.41, 5.74) is 0.694. The van der Waals surface area contributed by atoms with Crippen molar-refractivity contribution in [1.82, 2.24) is 24.8 Å². The second-order valence-electron chi connectivity index (χ2n) is 5.40. The molecule has 0 aliphatic heterocycles. The maximum Gasteiger partial charge on any atom is 0.260 e. The van der Waals surface area contributed by atoms with Crippen LogP contribution in [-0.2, 0) is 11.3 Å². The molecule has 1 amide bonds. The minimum absolute atomic E-state index is 0.162. The molecule has 1 aromatic carbocycles. The first-order valence-corrected chi connectivity index (χ1v) is 8.01. The molecule has 0 saturated heterocycles. The molecule has 1 atom stereocenters. The average molecular weight is 337 g/mol.